The van der Waals surface area contributed by atoms with E-state index in [-0.39, 0.29) is 0 Å². The van der Waals surface area contributed by atoms with Crippen molar-refractivity contribution in [3.8, 4) is 0 Å². The molecule has 1 heterocycles. The highest BCUT2D eigenvalue weighted by molar-refractivity contribution is 7.90. The van der Waals surface area contributed by atoms with Crippen LogP contribution in [-0.4, -0.2) is 19.7 Å². The highest BCUT2D eigenvalue weighted by Gasteiger charge is 2.28. The van der Waals surface area contributed by atoms with E-state index in [9.17, 15) is 8.42 Å². The lowest BCUT2D eigenvalue weighted by atomic mass is 9.87. The van der Waals surface area contributed by atoms with Crippen LogP contribution in [0.4, 0.5) is 0 Å². The van der Waals surface area contributed by atoms with Crippen molar-refractivity contribution in [1.82, 2.24) is 4.98 Å². The molecule has 28 heavy (non-hydrogen) atoms. The molecule has 1 aromatic heterocycles. The Morgan fingerprint density at radius 3 is 2.54 bits per heavy atom. The van der Waals surface area contributed by atoms with Crippen LogP contribution in [0, 0.1) is 5.92 Å². The van der Waals surface area contributed by atoms with Gasteiger partial charge in [-0.2, -0.15) is 0 Å². The van der Waals surface area contributed by atoms with Crippen LogP contribution in [-0.2, 0) is 9.84 Å². The number of pyridine rings is 1. The van der Waals surface area contributed by atoms with Crippen molar-refractivity contribution >= 4 is 20.7 Å². The average molecular weight is 394 g/mol. The fourth-order valence-corrected chi connectivity index (χ4v) is 5.36. The van der Waals surface area contributed by atoms with Crippen LogP contribution >= 0.6 is 0 Å². The van der Waals surface area contributed by atoms with E-state index in [1.807, 2.05) is 24.4 Å². The van der Waals surface area contributed by atoms with Crippen LogP contribution in [0.25, 0.3) is 10.9 Å². The zero-order chi connectivity index (χ0) is 19.7. The number of aromatic nitrogens is 1. The Morgan fingerprint density at radius 2 is 1.79 bits per heavy atom. The van der Waals surface area contributed by atoms with E-state index in [2.05, 4.69) is 36.2 Å². The molecule has 3 nitrogen and oxygen atoms in total. The van der Waals surface area contributed by atoms with Gasteiger partial charge in [0.1, 0.15) is 0 Å². The lowest BCUT2D eigenvalue weighted by Gasteiger charge is -2.19. The molecule has 4 heteroatoms. The van der Waals surface area contributed by atoms with Crippen molar-refractivity contribution in [2.24, 2.45) is 5.92 Å². The molecule has 146 valence electrons. The third kappa shape index (κ3) is 3.97. The molecular formula is C24H27NO2S. The lowest BCUT2D eigenvalue weighted by molar-refractivity contribution is 0.455. The summed E-state index contributed by atoms with van der Waals surface area (Å²) in [5.41, 5.74) is 3.75. The number of benzene rings is 2. The maximum Gasteiger partial charge on any atom is 0.175 e. The van der Waals surface area contributed by atoms with E-state index in [0.29, 0.717) is 22.6 Å². The molecule has 0 N–H and O–H groups in total. The number of rotatable bonds is 5. The average Bonchev–Trinajstić information content (AvgIpc) is 3.15. The molecule has 1 fully saturated rings. The van der Waals surface area contributed by atoms with Gasteiger partial charge in [0, 0.05) is 17.8 Å². The second-order valence-corrected chi connectivity index (χ2v) is 10.3. The minimum Gasteiger partial charge on any atom is -0.256 e. The van der Waals surface area contributed by atoms with E-state index >= 15 is 0 Å². The Balaban J connectivity index is 1.44. The molecule has 1 aliphatic rings. The number of sulfone groups is 1. The predicted molar refractivity (Wildman–Crippen MR) is 114 cm³/mol. The fourth-order valence-electron chi connectivity index (χ4n) is 4.73. The Bertz CT molecular complexity index is 1070. The van der Waals surface area contributed by atoms with E-state index in [1.54, 1.807) is 12.1 Å². The van der Waals surface area contributed by atoms with Crippen LogP contribution in [0.2, 0.25) is 0 Å². The largest absolute Gasteiger partial charge is 0.256 e. The summed E-state index contributed by atoms with van der Waals surface area (Å²) in [6, 6.07) is 18.1. The van der Waals surface area contributed by atoms with Gasteiger partial charge in [-0.25, -0.2) is 8.42 Å². The molecule has 0 saturated heterocycles. The molecule has 0 radical (unpaired) electrons. The van der Waals surface area contributed by atoms with Crippen molar-refractivity contribution in [3.05, 3.63) is 71.9 Å². The molecule has 4 rings (SSSR count). The number of fused-ring (bicyclic) bond motifs is 1. The summed E-state index contributed by atoms with van der Waals surface area (Å²) < 4.78 is 23.3. The van der Waals surface area contributed by atoms with Gasteiger partial charge < -0.3 is 0 Å². The SMILES string of the molecule is C[C@@H](CC1CC[C@H](c2ccc(S(C)(=O)=O)cc2)C1)c1cccc2cccnc12. The molecule has 3 atom stereocenters. The van der Waals surface area contributed by atoms with Gasteiger partial charge in [0.2, 0.25) is 0 Å². The molecule has 1 unspecified atom stereocenters. The molecule has 0 aliphatic heterocycles. The second kappa shape index (κ2) is 7.67. The summed E-state index contributed by atoms with van der Waals surface area (Å²) in [5, 5.41) is 1.21. The quantitative estimate of drug-likeness (QED) is 0.557. The van der Waals surface area contributed by atoms with E-state index < -0.39 is 9.84 Å². The maximum absolute atomic E-state index is 11.7. The molecule has 0 bridgehead atoms. The summed E-state index contributed by atoms with van der Waals surface area (Å²) in [6.07, 6.45) is 7.92. The predicted octanol–water partition coefficient (Wildman–Crippen LogP) is 5.72. The van der Waals surface area contributed by atoms with Crippen molar-refractivity contribution in [1.29, 1.82) is 0 Å². The first-order valence-electron chi connectivity index (χ1n) is 10.1. The Labute approximate surface area is 167 Å². The summed E-state index contributed by atoms with van der Waals surface area (Å²) in [7, 11) is -3.12. The number of hydrogen-bond donors (Lipinski definition) is 0. The first-order chi connectivity index (χ1) is 13.4. The highest BCUT2D eigenvalue weighted by Crippen LogP contribution is 2.43. The van der Waals surface area contributed by atoms with Crippen molar-refractivity contribution in [2.45, 2.75) is 49.3 Å². The minimum atomic E-state index is -3.12. The van der Waals surface area contributed by atoms with Gasteiger partial charge in [-0.15, -0.1) is 0 Å². The van der Waals surface area contributed by atoms with E-state index in [4.69, 9.17) is 0 Å². The summed E-state index contributed by atoms with van der Waals surface area (Å²) in [4.78, 5) is 5.02. The maximum atomic E-state index is 11.7. The van der Waals surface area contributed by atoms with E-state index in [1.165, 1.54) is 48.5 Å². The first-order valence-corrected chi connectivity index (χ1v) is 11.9. The van der Waals surface area contributed by atoms with E-state index in [0.717, 1.165) is 5.52 Å². The van der Waals surface area contributed by atoms with Crippen LogP contribution in [0.5, 0.6) is 0 Å². The van der Waals surface area contributed by atoms with Gasteiger partial charge in [-0.3, -0.25) is 4.98 Å². The molecule has 3 aromatic rings. The minimum absolute atomic E-state index is 0.405. The Morgan fingerprint density at radius 1 is 1.04 bits per heavy atom. The summed E-state index contributed by atoms with van der Waals surface area (Å²) in [6.45, 7) is 2.32. The van der Waals surface area contributed by atoms with Crippen LogP contribution in [0.15, 0.2) is 65.7 Å². The topological polar surface area (TPSA) is 47.0 Å². The second-order valence-electron chi connectivity index (χ2n) is 8.28. The van der Waals surface area contributed by atoms with Gasteiger partial charge in [0.15, 0.2) is 9.84 Å². The van der Waals surface area contributed by atoms with Gasteiger partial charge in [0.05, 0.1) is 10.4 Å². The zero-order valence-corrected chi connectivity index (χ0v) is 17.3. The standard InChI is InChI=1S/C24H27NO2S/c1-17(23-7-3-5-20-6-4-14-25-24(20)23)15-18-8-9-21(16-18)19-10-12-22(13-11-19)28(2,26)27/h3-7,10-14,17-18,21H,8-9,15-16H2,1-2H3/t17-,18?,21-/m0/s1. The van der Waals surface area contributed by atoms with Gasteiger partial charge >= 0.3 is 0 Å². The summed E-state index contributed by atoms with van der Waals surface area (Å²) >= 11 is 0. The third-order valence-electron chi connectivity index (χ3n) is 6.20. The zero-order valence-electron chi connectivity index (χ0n) is 16.5. The third-order valence-corrected chi connectivity index (χ3v) is 7.33. The molecule has 0 spiro atoms. The van der Waals surface area contributed by atoms with Crippen molar-refractivity contribution in [2.75, 3.05) is 6.26 Å². The van der Waals surface area contributed by atoms with Gasteiger partial charge in [-0.05, 0) is 72.8 Å². The highest BCUT2D eigenvalue weighted by atomic mass is 32.2. The Hall–Kier alpha value is -2.20. The number of para-hydroxylation sites is 1. The Kier molecular flexibility index (Phi) is 5.24. The molecule has 0 amide bonds. The van der Waals surface area contributed by atoms with Crippen LogP contribution < -0.4 is 0 Å². The number of nitrogens with zero attached hydrogens (tertiary/aromatic N) is 1. The van der Waals surface area contributed by atoms with Gasteiger partial charge in [0.25, 0.3) is 0 Å². The molecule has 1 saturated carbocycles. The number of hydrogen-bond acceptors (Lipinski definition) is 3. The molecule has 2 aromatic carbocycles. The molecule has 1 aliphatic carbocycles. The first kappa shape index (κ1) is 19.1. The fraction of sp³-hybridized carbons (Fsp3) is 0.375. The lowest BCUT2D eigenvalue weighted by Crippen LogP contribution is -2.04. The monoisotopic (exact) mass is 393 g/mol. The van der Waals surface area contributed by atoms with Crippen molar-refractivity contribution < 1.29 is 8.42 Å². The smallest absolute Gasteiger partial charge is 0.175 e. The van der Waals surface area contributed by atoms with Crippen molar-refractivity contribution in [3.63, 3.8) is 0 Å². The van der Waals surface area contributed by atoms with Gasteiger partial charge in [-0.1, -0.05) is 43.3 Å². The molecular weight excluding hydrogens is 366 g/mol. The normalized spacial score (nSPS) is 21.1. The van der Waals surface area contributed by atoms with Crippen LogP contribution in [0.3, 0.4) is 0 Å². The van der Waals surface area contributed by atoms with Crippen LogP contribution in [0.1, 0.15) is 55.6 Å². The summed E-state index contributed by atoms with van der Waals surface area (Å²) in [5.74, 6) is 1.72.